The van der Waals surface area contributed by atoms with Crippen molar-refractivity contribution in [1.29, 1.82) is 0 Å². The van der Waals surface area contributed by atoms with E-state index in [0.29, 0.717) is 31.6 Å². The molecular formula is C69H134O17P2. The Morgan fingerprint density at radius 1 is 0.318 bits per heavy atom. The second-order valence-corrected chi connectivity index (χ2v) is 29.3. The molecule has 5 unspecified atom stereocenters. The molecule has 0 saturated carbocycles. The smallest absolute Gasteiger partial charge is 0.462 e. The van der Waals surface area contributed by atoms with Crippen LogP contribution in [0.25, 0.3) is 0 Å². The van der Waals surface area contributed by atoms with Crippen molar-refractivity contribution in [2.75, 3.05) is 39.6 Å². The largest absolute Gasteiger partial charge is 0.472 e. The molecular weight excluding hydrogens is 1160 g/mol. The van der Waals surface area contributed by atoms with Gasteiger partial charge in [-0.05, 0) is 49.4 Å². The lowest BCUT2D eigenvalue weighted by molar-refractivity contribution is -0.161. The number of carbonyl (C=O) groups excluding carboxylic acids is 4. The molecule has 0 aromatic heterocycles. The number of hydrogen-bond donors (Lipinski definition) is 3. The number of ether oxygens (including phenoxy) is 4. The number of carbonyl (C=O) groups is 4. The fourth-order valence-corrected chi connectivity index (χ4v) is 11.8. The number of hydrogen-bond acceptors (Lipinski definition) is 15. The van der Waals surface area contributed by atoms with E-state index in [2.05, 4.69) is 55.4 Å². The first-order valence-corrected chi connectivity index (χ1v) is 38.8. The van der Waals surface area contributed by atoms with Crippen LogP contribution in [0, 0.1) is 23.7 Å². The van der Waals surface area contributed by atoms with Crippen molar-refractivity contribution in [3.05, 3.63) is 0 Å². The third kappa shape index (κ3) is 60.3. The molecule has 0 radical (unpaired) electrons. The number of phosphoric ester groups is 2. The first-order valence-electron chi connectivity index (χ1n) is 35.8. The number of rotatable bonds is 66. The second-order valence-electron chi connectivity index (χ2n) is 26.4. The molecule has 88 heavy (non-hydrogen) atoms. The molecule has 0 aromatic rings. The highest BCUT2D eigenvalue weighted by Crippen LogP contribution is 2.45. The third-order valence-corrected chi connectivity index (χ3v) is 18.4. The molecule has 0 aliphatic carbocycles. The minimum Gasteiger partial charge on any atom is -0.462 e. The molecule has 7 atom stereocenters. The topological polar surface area (TPSA) is 237 Å². The van der Waals surface area contributed by atoms with Crippen LogP contribution in [0.3, 0.4) is 0 Å². The van der Waals surface area contributed by atoms with Crippen LogP contribution < -0.4 is 0 Å². The summed E-state index contributed by atoms with van der Waals surface area (Å²) in [5, 5.41) is 10.6. The molecule has 522 valence electrons. The molecule has 0 aliphatic heterocycles. The summed E-state index contributed by atoms with van der Waals surface area (Å²) in [6.45, 7) is 14.1. The molecule has 0 fully saturated rings. The Hall–Kier alpha value is -1.94. The van der Waals surface area contributed by atoms with Gasteiger partial charge in [0.05, 0.1) is 26.4 Å². The van der Waals surface area contributed by atoms with Crippen molar-refractivity contribution >= 4 is 39.5 Å². The Morgan fingerprint density at radius 3 is 0.807 bits per heavy atom. The van der Waals surface area contributed by atoms with E-state index in [1.165, 1.54) is 128 Å². The molecule has 0 spiro atoms. The summed E-state index contributed by atoms with van der Waals surface area (Å²) in [4.78, 5) is 72.5. The first-order chi connectivity index (χ1) is 42.2. The number of unbranched alkanes of at least 4 members (excludes halogenated alkanes) is 30. The van der Waals surface area contributed by atoms with E-state index in [1.807, 2.05) is 0 Å². The van der Waals surface area contributed by atoms with Crippen molar-refractivity contribution in [3.63, 3.8) is 0 Å². The van der Waals surface area contributed by atoms with Crippen LogP contribution >= 0.6 is 15.6 Å². The van der Waals surface area contributed by atoms with Gasteiger partial charge < -0.3 is 33.8 Å². The van der Waals surface area contributed by atoms with Crippen molar-refractivity contribution in [2.45, 2.75) is 356 Å². The van der Waals surface area contributed by atoms with Crippen molar-refractivity contribution in [2.24, 2.45) is 23.7 Å². The molecule has 0 heterocycles. The molecule has 3 N–H and O–H groups in total. The average molecular weight is 1300 g/mol. The first kappa shape index (κ1) is 86.1. The van der Waals surface area contributed by atoms with Gasteiger partial charge in [0.1, 0.15) is 19.3 Å². The zero-order valence-corrected chi connectivity index (χ0v) is 59.1. The maximum absolute atomic E-state index is 13.0. The summed E-state index contributed by atoms with van der Waals surface area (Å²) >= 11 is 0. The maximum Gasteiger partial charge on any atom is 0.472 e. The van der Waals surface area contributed by atoms with Crippen molar-refractivity contribution in [1.82, 2.24) is 0 Å². The molecule has 19 heteroatoms. The number of aliphatic hydroxyl groups is 1. The zero-order chi connectivity index (χ0) is 65.4. The predicted molar refractivity (Wildman–Crippen MR) is 354 cm³/mol. The fraction of sp³-hybridized carbons (Fsp3) is 0.942. The lowest BCUT2D eigenvalue weighted by Gasteiger charge is -2.21. The average Bonchev–Trinajstić information content (AvgIpc) is 3.45. The molecule has 0 aliphatic rings. The van der Waals surface area contributed by atoms with E-state index in [1.54, 1.807) is 0 Å². The monoisotopic (exact) mass is 1300 g/mol. The Kier molecular flexibility index (Phi) is 57.6. The van der Waals surface area contributed by atoms with Crippen LogP contribution in [0.15, 0.2) is 0 Å². The van der Waals surface area contributed by atoms with Gasteiger partial charge in [0.2, 0.25) is 0 Å². The highest BCUT2D eigenvalue weighted by atomic mass is 31.2. The van der Waals surface area contributed by atoms with Gasteiger partial charge in [-0.25, -0.2) is 9.13 Å². The van der Waals surface area contributed by atoms with E-state index in [9.17, 15) is 43.2 Å². The van der Waals surface area contributed by atoms with E-state index in [-0.39, 0.29) is 25.7 Å². The molecule has 0 saturated heterocycles. The van der Waals surface area contributed by atoms with Crippen LogP contribution in [0.5, 0.6) is 0 Å². The van der Waals surface area contributed by atoms with E-state index >= 15 is 0 Å². The number of esters is 4. The minimum absolute atomic E-state index is 0.105. The number of aliphatic hydroxyl groups excluding tert-OH is 1. The van der Waals surface area contributed by atoms with E-state index < -0.39 is 97.5 Å². The summed E-state index contributed by atoms with van der Waals surface area (Å²) in [6, 6.07) is 0. The van der Waals surface area contributed by atoms with Gasteiger partial charge in [0.15, 0.2) is 12.2 Å². The second kappa shape index (κ2) is 58.8. The van der Waals surface area contributed by atoms with Gasteiger partial charge in [-0.1, -0.05) is 287 Å². The van der Waals surface area contributed by atoms with E-state index in [0.717, 1.165) is 120 Å². The quantitative estimate of drug-likeness (QED) is 0.0222. The predicted octanol–water partition coefficient (Wildman–Crippen LogP) is 19.3. The van der Waals surface area contributed by atoms with Gasteiger partial charge in [-0.15, -0.1) is 0 Å². The summed E-state index contributed by atoms with van der Waals surface area (Å²) in [7, 11) is -9.90. The van der Waals surface area contributed by atoms with Crippen LogP contribution in [-0.4, -0.2) is 96.7 Å². The third-order valence-electron chi connectivity index (χ3n) is 16.5. The van der Waals surface area contributed by atoms with Crippen LogP contribution in [0.1, 0.15) is 338 Å². The van der Waals surface area contributed by atoms with Gasteiger partial charge in [0, 0.05) is 25.7 Å². The Bertz CT molecular complexity index is 1750. The van der Waals surface area contributed by atoms with Crippen LogP contribution in [-0.2, 0) is 65.4 Å². The van der Waals surface area contributed by atoms with Gasteiger partial charge in [-0.3, -0.25) is 37.3 Å². The zero-order valence-electron chi connectivity index (χ0n) is 57.3. The molecule has 0 amide bonds. The lowest BCUT2D eigenvalue weighted by Crippen LogP contribution is -2.30. The van der Waals surface area contributed by atoms with E-state index in [4.69, 9.17) is 37.0 Å². The van der Waals surface area contributed by atoms with Gasteiger partial charge in [-0.2, -0.15) is 0 Å². The maximum atomic E-state index is 13.0. The van der Waals surface area contributed by atoms with Gasteiger partial charge >= 0.3 is 39.5 Å². The molecule has 0 aromatic carbocycles. The molecule has 0 rings (SSSR count). The lowest BCUT2D eigenvalue weighted by atomic mass is 9.99. The fourth-order valence-electron chi connectivity index (χ4n) is 10.2. The number of phosphoric acid groups is 2. The summed E-state index contributed by atoms with van der Waals surface area (Å²) in [5.41, 5.74) is 0. The van der Waals surface area contributed by atoms with Crippen molar-refractivity contribution in [3.8, 4) is 0 Å². The highest BCUT2D eigenvalue weighted by molar-refractivity contribution is 7.47. The summed E-state index contributed by atoms with van der Waals surface area (Å²) in [6.07, 6.45) is 40.3. The van der Waals surface area contributed by atoms with Crippen LogP contribution in [0.4, 0.5) is 0 Å². The normalized spacial score (nSPS) is 14.9. The highest BCUT2D eigenvalue weighted by Gasteiger charge is 2.30. The summed E-state index contributed by atoms with van der Waals surface area (Å²) < 4.78 is 68.2. The summed E-state index contributed by atoms with van der Waals surface area (Å²) in [5.74, 6) is 0.872. The van der Waals surface area contributed by atoms with Crippen LogP contribution in [0.2, 0.25) is 0 Å². The Balaban J connectivity index is 5.26. The van der Waals surface area contributed by atoms with Gasteiger partial charge in [0.25, 0.3) is 0 Å². The molecule has 17 nitrogen and oxygen atoms in total. The molecule has 0 bridgehead atoms. The minimum atomic E-state index is -4.95. The standard InChI is InChI=1S/C69H134O17P2/c1-9-61(7)47-39-31-23-17-14-15-19-25-36-44-52-69(74)85-64(55-79-66(71)49-41-33-26-20-22-30-38-46-60(5)6)57-83-87(75,76)81-53-63(70)54-82-88(77,78)84-58-65(56-80-67(72)50-42-34-28-27-32-40-48-62(8)10-2)86-68(73)51-43-35-24-18-13-11-12-16-21-29-37-45-59(3)4/h59-65,70H,9-58H2,1-8H3,(H,75,76)(H,77,78)/t61?,62?,63?,64-,65-/m1/s1. The Labute approximate surface area is 537 Å². The Morgan fingerprint density at radius 2 is 0.545 bits per heavy atom. The SMILES string of the molecule is CCC(C)CCCCCCCCCCCCC(=O)O[C@H](COC(=O)CCCCCCCCCC(C)C)COP(=O)(O)OCC(O)COP(=O)(O)OC[C@@H](COC(=O)CCCCCCCCC(C)CC)OC(=O)CCCCCCCCCCCCCC(C)C. The van der Waals surface area contributed by atoms with Crippen molar-refractivity contribution < 1.29 is 80.2 Å².